The first-order chi connectivity index (χ1) is 6.84. The zero-order chi connectivity index (χ0) is 9.54. The fourth-order valence-electron chi connectivity index (χ4n) is 2.44. The Balaban J connectivity index is 1.94. The van der Waals surface area contributed by atoms with Gasteiger partial charge in [-0.2, -0.15) is 0 Å². The Morgan fingerprint density at radius 2 is 2.36 bits per heavy atom. The van der Waals surface area contributed by atoms with Crippen molar-refractivity contribution in [2.24, 2.45) is 11.8 Å². The van der Waals surface area contributed by atoms with Crippen molar-refractivity contribution in [3.05, 3.63) is 47.2 Å². The molecule has 1 aliphatic heterocycles. The van der Waals surface area contributed by atoms with Crippen molar-refractivity contribution < 1.29 is 0 Å². The second-order valence-electron chi connectivity index (χ2n) is 4.43. The molecule has 1 fully saturated rings. The highest BCUT2D eigenvalue weighted by Gasteiger charge is 2.40. The van der Waals surface area contributed by atoms with Crippen LogP contribution in [0.5, 0.6) is 0 Å². The van der Waals surface area contributed by atoms with Crippen molar-refractivity contribution in [2.45, 2.75) is 13.3 Å². The summed E-state index contributed by atoms with van der Waals surface area (Å²) in [6.07, 6.45) is 12.7. The molecule has 0 spiro atoms. The Hall–Kier alpha value is -1.24. The van der Waals surface area contributed by atoms with Crippen LogP contribution < -0.4 is 5.32 Å². The summed E-state index contributed by atoms with van der Waals surface area (Å²) in [7, 11) is 0. The van der Waals surface area contributed by atoms with Gasteiger partial charge in [-0.15, -0.1) is 0 Å². The highest BCUT2D eigenvalue weighted by Crippen LogP contribution is 2.51. The zero-order valence-electron chi connectivity index (χ0n) is 8.46. The van der Waals surface area contributed by atoms with Crippen LogP contribution in [0.15, 0.2) is 47.2 Å². The number of hydrogen-bond donors (Lipinski definition) is 1. The second kappa shape index (κ2) is 2.88. The van der Waals surface area contributed by atoms with Crippen molar-refractivity contribution in [1.29, 1.82) is 0 Å². The summed E-state index contributed by atoms with van der Waals surface area (Å²) in [5.41, 5.74) is 4.35. The Kier molecular flexibility index (Phi) is 1.66. The largest absolute Gasteiger partial charge is 0.387 e. The molecule has 1 nitrogen and oxygen atoms in total. The third kappa shape index (κ3) is 1.24. The maximum absolute atomic E-state index is 3.28. The number of allylic oxidation sites excluding steroid dienone is 6. The number of hydrogen-bond acceptors (Lipinski definition) is 1. The second-order valence-corrected chi connectivity index (χ2v) is 4.43. The van der Waals surface area contributed by atoms with E-state index in [0.717, 1.165) is 18.4 Å². The summed E-state index contributed by atoms with van der Waals surface area (Å²) in [5, 5.41) is 3.28. The first kappa shape index (κ1) is 8.10. The Bertz CT molecular complexity index is 382. The summed E-state index contributed by atoms with van der Waals surface area (Å²) in [5.74, 6) is 1.65. The molecule has 2 aliphatic carbocycles. The summed E-state index contributed by atoms with van der Waals surface area (Å²) in [4.78, 5) is 0. The van der Waals surface area contributed by atoms with E-state index in [1.54, 1.807) is 5.57 Å². The molecule has 1 N–H and O–H groups in total. The lowest BCUT2D eigenvalue weighted by molar-refractivity contribution is 0.888. The van der Waals surface area contributed by atoms with E-state index in [1.165, 1.54) is 17.6 Å². The van der Waals surface area contributed by atoms with E-state index in [1.807, 2.05) is 0 Å². The van der Waals surface area contributed by atoms with Crippen LogP contribution in [0.3, 0.4) is 0 Å². The maximum Gasteiger partial charge on any atom is 0.0328 e. The van der Waals surface area contributed by atoms with E-state index in [9.17, 15) is 0 Å². The molecule has 1 heteroatoms. The van der Waals surface area contributed by atoms with Crippen molar-refractivity contribution >= 4 is 0 Å². The van der Waals surface area contributed by atoms with Gasteiger partial charge in [-0.1, -0.05) is 29.9 Å². The minimum absolute atomic E-state index is 0.814. The van der Waals surface area contributed by atoms with Gasteiger partial charge in [0.1, 0.15) is 0 Å². The molecule has 0 bridgehead atoms. The van der Waals surface area contributed by atoms with Gasteiger partial charge >= 0.3 is 0 Å². The highest BCUT2D eigenvalue weighted by atomic mass is 14.8. The van der Waals surface area contributed by atoms with Crippen LogP contribution in [0.2, 0.25) is 0 Å². The van der Waals surface area contributed by atoms with E-state index >= 15 is 0 Å². The van der Waals surface area contributed by atoms with Crippen molar-refractivity contribution in [2.75, 3.05) is 6.54 Å². The molecule has 1 heterocycles. The Labute approximate surface area is 84.9 Å². The zero-order valence-corrected chi connectivity index (χ0v) is 8.46. The van der Waals surface area contributed by atoms with Gasteiger partial charge in [0, 0.05) is 12.7 Å². The number of rotatable bonds is 1. The van der Waals surface area contributed by atoms with Crippen LogP contribution in [-0.2, 0) is 0 Å². The van der Waals surface area contributed by atoms with E-state index in [0.29, 0.717) is 0 Å². The number of dihydropyridines is 1. The molecule has 0 saturated heterocycles. The number of nitrogens with one attached hydrogen (secondary N) is 1. The lowest BCUT2D eigenvalue weighted by Gasteiger charge is -2.15. The predicted molar refractivity (Wildman–Crippen MR) is 58.7 cm³/mol. The molecular formula is C13H15N. The SMILES string of the molecule is CC1=CC2CC2C(C2=CNCC=C2)=C1. The Morgan fingerprint density at radius 3 is 3.14 bits per heavy atom. The van der Waals surface area contributed by atoms with E-state index in [2.05, 4.69) is 42.7 Å². The molecule has 0 aromatic carbocycles. The maximum atomic E-state index is 3.28. The fraction of sp³-hybridized carbons (Fsp3) is 0.385. The van der Waals surface area contributed by atoms with Gasteiger partial charge in [0.2, 0.25) is 0 Å². The standard InChI is InChI=1S/C13H15N/c1-9-5-11-7-13(11)12(6-9)10-3-2-4-14-8-10/h2-3,5-6,8,11,13-14H,4,7H2,1H3. The van der Waals surface area contributed by atoms with Gasteiger partial charge in [0.25, 0.3) is 0 Å². The van der Waals surface area contributed by atoms with Gasteiger partial charge in [-0.25, -0.2) is 0 Å². The molecule has 0 aromatic rings. The van der Waals surface area contributed by atoms with Crippen LogP contribution in [0.1, 0.15) is 13.3 Å². The Morgan fingerprint density at radius 1 is 1.43 bits per heavy atom. The summed E-state index contributed by atoms with van der Waals surface area (Å²) >= 11 is 0. The summed E-state index contributed by atoms with van der Waals surface area (Å²) in [6.45, 7) is 3.18. The normalized spacial score (nSPS) is 33.6. The first-order valence-corrected chi connectivity index (χ1v) is 5.35. The summed E-state index contributed by atoms with van der Waals surface area (Å²) in [6, 6.07) is 0. The van der Waals surface area contributed by atoms with Gasteiger partial charge < -0.3 is 5.32 Å². The van der Waals surface area contributed by atoms with Crippen molar-refractivity contribution in [3.8, 4) is 0 Å². The first-order valence-electron chi connectivity index (χ1n) is 5.35. The van der Waals surface area contributed by atoms with Gasteiger partial charge in [-0.05, 0) is 36.3 Å². The average Bonchev–Trinajstić information content (AvgIpc) is 2.96. The van der Waals surface area contributed by atoms with Crippen LogP contribution in [0.25, 0.3) is 0 Å². The summed E-state index contributed by atoms with van der Waals surface area (Å²) < 4.78 is 0. The average molecular weight is 185 g/mol. The van der Waals surface area contributed by atoms with E-state index in [4.69, 9.17) is 0 Å². The molecular weight excluding hydrogens is 170 g/mol. The molecule has 72 valence electrons. The minimum atomic E-state index is 0.814. The third-order valence-electron chi connectivity index (χ3n) is 3.22. The van der Waals surface area contributed by atoms with Gasteiger partial charge in [0.15, 0.2) is 0 Å². The van der Waals surface area contributed by atoms with Crippen molar-refractivity contribution in [1.82, 2.24) is 5.32 Å². The molecule has 0 aromatic heterocycles. The molecule has 2 atom stereocenters. The third-order valence-corrected chi connectivity index (χ3v) is 3.22. The molecule has 3 aliphatic rings. The fourth-order valence-corrected chi connectivity index (χ4v) is 2.44. The predicted octanol–water partition coefficient (Wildman–Crippen LogP) is 2.55. The van der Waals surface area contributed by atoms with Crippen LogP contribution in [0.4, 0.5) is 0 Å². The van der Waals surface area contributed by atoms with Crippen molar-refractivity contribution in [3.63, 3.8) is 0 Å². The highest BCUT2D eigenvalue weighted by molar-refractivity contribution is 5.51. The van der Waals surface area contributed by atoms with Crippen LogP contribution >= 0.6 is 0 Å². The monoisotopic (exact) mass is 185 g/mol. The lowest BCUT2D eigenvalue weighted by atomic mass is 9.93. The number of fused-ring (bicyclic) bond motifs is 1. The molecule has 3 rings (SSSR count). The quantitative estimate of drug-likeness (QED) is 0.662. The van der Waals surface area contributed by atoms with E-state index < -0.39 is 0 Å². The molecule has 0 radical (unpaired) electrons. The molecule has 14 heavy (non-hydrogen) atoms. The minimum Gasteiger partial charge on any atom is -0.387 e. The van der Waals surface area contributed by atoms with Crippen LogP contribution in [0, 0.1) is 11.8 Å². The molecule has 0 amide bonds. The lowest BCUT2D eigenvalue weighted by Crippen LogP contribution is -2.11. The van der Waals surface area contributed by atoms with Gasteiger partial charge in [-0.3, -0.25) is 0 Å². The topological polar surface area (TPSA) is 12.0 Å². The van der Waals surface area contributed by atoms with E-state index in [-0.39, 0.29) is 0 Å². The smallest absolute Gasteiger partial charge is 0.0328 e. The van der Waals surface area contributed by atoms with Crippen LogP contribution in [-0.4, -0.2) is 6.54 Å². The van der Waals surface area contributed by atoms with Gasteiger partial charge in [0.05, 0.1) is 0 Å². The molecule has 1 saturated carbocycles. The molecule has 2 unspecified atom stereocenters.